The van der Waals surface area contributed by atoms with Crippen molar-refractivity contribution in [3.05, 3.63) is 144 Å². The van der Waals surface area contributed by atoms with Crippen molar-refractivity contribution < 1.29 is 29.0 Å². The molecule has 4 atom stereocenters. The molecule has 0 radical (unpaired) electrons. The zero-order valence-corrected chi connectivity index (χ0v) is 41.0. The number of hydrogen-bond donors (Lipinski definition) is 1. The van der Waals surface area contributed by atoms with E-state index in [0.717, 1.165) is 22.3 Å². The van der Waals surface area contributed by atoms with Gasteiger partial charge in [-0.1, -0.05) is 119 Å². The molecule has 0 spiro atoms. The number of rotatable bonds is 16. The SMILES string of the molecule is C=C(C)C(CC=C(C)C)CC12CC(CC=C(C)C)C(C)(C)CC(CC=C(C)C)(C(=O)C(=C(O)c3ccc(OCc4c(Cl)cccc4Cl)c(OCc4c(Cl)cccc4Cl)c3)C1=O)C2=O. The summed E-state index contributed by atoms with van der Waals surface area (Å²) in [7, 11) is 0. The number of benzene rings is 3. The minimum atomic E-state index is -1.64. The predicted octanol–water partition coefficient (Wildman–Crippen LogP) is 15.5. The van der Waals surface area contributed by atoms with E-state index in [1.165, 1.54) is 6.07 Å². The van der Waals surface area contributed by atoms with E-state index >= 15 is 14.4 Å². The Hall–Kier alpha value is -4.07. The van der Waals surface area contributed by atoms with Crippen LogP contribution >= 0.6 is 46.4 Å². The Morgan fingerprint density at radius 3 is 1.76 bits per heavy atom. The van der Waals surface area contributed by atoms with Crippen LogP contribution in [-0.4, -0.2) is 22.5 Å². The Morgan fingerprint density at radius 2 is 1.25 bits per heavy atom. The maximum atomic E-state index is 15.8. The number of hydrogen-bond acceptors (Lipinski definition) is 6. The average molecular weight is 935 g/mol. The largest absolute Gasteiger partial charge is 0.506 e. The molecule has 2 fully saturated rings. The molecule has 0 heterocycles. The predicted molar refractivity (Wildman–Crippen MR) is 259 cm³/mol. The highest BCUT2D eigenvalue weighted by Gasteiger charge is 2.68. The second-order valence-corrected chi connectivity index (χ2v) is 20.5. The summed E-state index contributed by atoms with van der Waals surface area (Å²) in [6.07, 6.45) is 8.02. The van der Waals surface area contributed by atoms with Crippen molar-refractivity contribution in [2.45, 2.75) is 114 Å². The number of fused-ring (bicyclic) bond motifs is 2. The molecule has 3 aromatic carbocycles. The lowest BCUT2D eigenvalue weighted by Crippen LogP contribution is -2.59. The summed E-state index contributed by atoms with van der Waals surface area (Å²) in [6, 6.07) is 14.9. The molecule has 3 aromatic rings. The fourth-order valence-electron chi connectivity index (χ4n) is 9.04. The van der Waals surface area contributed by atoms with Crippen LogP contribution in [0.2, 0.25) is 20.1 Å². The van der Waals surface area contributed by atoms with Gasteiger partial charge in [0.15, 0.2) is 28.8 Å². The summed E-state index contributed by atoms with van der Waals surface area (Å²) in [5.41, 5.74) is 0.977. The highest BCUT2D eigenvalue weighted by Crippen LogP contribution is 2.61. The minimum absolute atomic E-state index is 0.0249. The van der Waals surface area contributed by atoms with Gasteiger partial charge in [-0.2, -0.15) is 0 Å². The van der Waals surface area contributed by atoms with E-state index in [4.69, 9.17) is 55.9 Å². The van der Waals surface area contributed by atoms with Gasteiger partial charge in [0.05, 0.1) is 10.8 Å². The first-order valence-electron chi connectivity index (χ1n) is 21.4. The van der Waals surface area contributed by atoms with Crippen molar-refractivity contribution in [1.82, 2.24) is 0 Å². The minimum Gasteiger partial charge on any atom is -0.506 e. The fraction of sp³-hybridized carbons (Fsp3) is 0.415. The Kier molecular flexibility index (Phi) is 16.2. The van der Waals surface area contributed by atoms with Gasteiger partial charge in [0.2, 0.25) is 0 Å². The quantitative estimate of drug-likeness (QED) is 0.0506. The molecule has 10 heteroatoms. The molecular weight excluding hydrogens is 874 g/mol. The van der Waals surface area contributed by atoms with Crippen molar-refractivity contribution in [1.29, 1.82) is 0 Å². The highest BCUT2D eigenvalue weighted by atomic mass is 35.5. The molecule has 2 bridgehead atoms. The monoisotopic (exact) mass is 932 g/mol. The second kappa shape index (κ2) is 20.4. The Balaban J connectivity index is 1.77. The van der Waals surface area contributed by atoms with E-state index < -0.39 is 33.6 Å². The van der Waals surface area contributed by atoms with Crippen LogP contribution in [-0.2, 0) is 27.6 Å². The molecular formula is C53H60Cl4O6. The molecule has 336 valence electrons. The van der Waals surface area contributed by atoms with Crippen molar-refractivity contribution >= 4 is 69.5 Å². The third-order valence-corrected chi connectivity index (χ3v) is 14.2. The summed E-state index contributed by atoms with van der Waals surface area (Å²) in [5.74, 6) is -2.22. The van der Waals surface area contributed by atoms with Crippen LogP contribution in [0.3, 0.4) is 0 Å². The normalized spacial score (nSPS) is 21.8. The van der Waals surface area contributed by atoms with Gasteiger partial charge in [0, 0.05) is 36.8 Å². The molecule has 4 unspecified atom stereocenters. The molecule has 5 rings (SSSR count). The smallest absolute Gasteiger partial charge is 0.184 e. The summed E-state index contributed by atoms with van der Waals surface area (Å²) in [6.45, 7) is 22.3. The molecule has 0 saturated heterocycles. The number of carbonyl (C=O) groups excluding carboxylic acids is 3. The number of ether oxygens (including phenoxy) is 2. The number of carbonyl (C=O) groups is 3. The molecule has 2 saturated carbocycles. The third-order valence-electron chi connectivity index (χ3n) is 12.7. The van der Waals surface area contributed by atoms with Crippen LogP contribution in [0.25, 0.3) is 5.76 Å². The zero-order valence-electron chi connectivity index (χ0n) is 37.9. The number of halogens is 4. The van der Waals surface area contributed by atoms with Crippen LogP contribution in [0.15, 0.2) is 107 Å². The number of allylic oxidation sites excluding steroid dienone is 8. The molecule has 0 aromatic heterocycles. The van der Waals surface area contributed by atoms with E-state index in [-0.39, 0.29) is 79.2 Å². The van der Waals surface area contributed by atoms with Crippen LogP contribution in [0.4, 0.5) is 0 Å². The van der Waals surface area contributed by atoms with Crippen molar-refractivity contribution in [3.8, 4) is 11.5 Å². The summed E-state index contributed by atoms with van der Waals surface area (Å²) < 4.78 is 12.6. The maximum Gasteiger partial charge on any atom is 0.184 e. The first-order valence-corrected chi connectivity index (χ1v) is 22.9. The van der Waals surface area contributed by atoms with E-state index in [1.807, 2.05) is 54.5 Å². The molecule has 63 heavy (non-hydrogen) atoms. The van der Waals surface area contributed by atoms with E-state index in [2.05, 4.69) is 32.6 Å². The van der Waals surface area contributed by atoms with Crippen LogP contribution in [0, 0.1) is 28.1 Å². The van der Waals surface area contributed by atoms with Gasteiger partial charge < -0.3 is 14.6 Å². The molecule has 2 aliphatic rings. The average Bonchev–Trinajstić information content (AvgIpc) is 3.26. The third kappa shape index (κ3) is 10.9. The summed E-state index contributed by atoms with van der Waals surface area (Å²) in [4.78, 5) is 47.0. The van der Waals surface area contributed by atoms with Gasteiger partial charge in [-0.25, -0.2) is 0 Å². The molecule has 2 aliphatic carbocycles. The van der Waals surface area contributed by atoms with Crippen LogP contribution in [0.1, 0.15) is 118 Å². The topological polar surface area (TPSA) is 89.9 Å². The first kappa shape index (κ1) is 49.9. The van der Waals surface area contributed by atoms with Gasteiger partial charge in [-0.3, -0.25) is 14.4 Å². The van der Waals surface area contributed by atoms with Crippen molar-refractivity contribution in [3.63, 3.8) is 0 Å². The Labute approximate surface area is 394 Å². The number of aliphatic hydroxyl groups excluding tert-OH is 1. The molecule has 0 amide bonds. The lowest BCUT2D eigenvalue weighted by molar-refractivity contribution is -0.156. The molecule has 6 nitrogen and oxygen atoms in total. The van der Waals surface area contributed by atoms with Gasteiger partial charge in [-0.15, -0.1) is 0 Å². The lowest BCUT2D eigenvalue weighted by Gasteiger charge is -2.45. The van der Waals surface area contributed by atoms with Crippen molar-refractivity contribution in [2.75, 3.05) is 0 Å². The fourth-order valence-corrected chi connectivity index (χ4v) is 10.1. The highest BCUT2D eigenvalue weighted by molar-refractivity contribution is 6.41. The first-order chi connectivity index (χ1) is 29.5. The number of ketones is 3. The number of Topliss-reactive ketones (excluding diaryl/α,β-unsaturated/α-hetero) is 3. The Morgan fingerprint density at radius 1 is 0.746 bits per heavy atom. The zero-order chi connectivity index (χ0) is 46.6. The van der Waals surface area contributed by atoms with Gasteiger partial charge >= 0.3 is 0 Å². The summed E-state index contributed by atoms with van der Waals surface area (Å²) >= 11 is 26.0. The van der Waals surface area contributed by atoms with Gasteiger partial charge in [-0.05, 0) is 147 Å². The number of aliphatic hydroxyl groups is 1. The van der Waals surface area contributed by atoms with E-state index in [1.54, 1.807) is 48.5 Å². The van der Waals surface area contributed by atoms with E-state index in [0.29, 0.717) is 44.1 Å². The van der Waals surface area contributed by atoms with Gasteiger partial charge in [0.1, 0.15) is 24.5 Å². The molecule has 1 N–H and O–H groups in total. The lowest BCUT2D eigenvalue weighted by atomic mass is 9.53. The maximum absolute atomic E-state index is 15.8. The van der Waals surface area contributed by atoms with Crippen molar-refractivity contribution in [2.24, 2.45) is 28.1 Å². The van der Waals surface area contributed by atoms with Gasteiger partial charge in [0.25, 0.3) is 0 Å². The Bertz CT molecular complexity index is 2370. The summed E-state index contributed by atoms with van der Waals surface area (Å²) in [5, 5.41) is 14.2. The molecule has 0 aliphatic heterocycles. The van der Waals surface area contributed by atoms with E-state index in [9.17, 15) is 5.11 Å². The van der Waals surface area contributed by atoms with Crippen LogP contribution < -0.4 is 9.47 Å². The van der Waals surface area contributed by atoms with Crippen LogP contribution in [0.5, 0.6) is 11.5 Å². The standard InChI is InChI=1S/C53H60Cl4O6/c1-31(2)17-19-36(34(7)8)26-53-27-37(21-18-32(3)4)51(9,10)30-52(50(53)61,24-23-33(5)6)48(59)46(49(53)60)47(58)35-20-22-44(62-28-38-40(54)13-11-14-41(38)55)45(25-35)63-29-39-42(56)15-12-16-43(39)57/h11-18,20,22-23,25,36-37,58H,7,19,21,24,26-30H2,1-6,8-10H3. The second-order valence-electron chi connectivity index (χ2n) is 18.8.